The Morgan fingerprint density at radius 1 is 0.471 bits per heavy atom. The number of rotatable bonds is 5. The Hall–Kier alpha value is -6.45. The molecule has 6 aromatic carbocycles. The van der Waals surface area contributed by atoms with Gasteiger partial charge in [-0.05, 0) is 71.6 Å². The average molecular weight is 654 g/mol. The molecule has 2 atom stereocenters. The van der Waals surface area contributed by atoms with Crippen LogP contribution in [0.25, 0.3) is 77.4 Å². The zero-order valence-electron chi connectivity index (χ0n) is 28.3. The van der Waals surface area contributed by atoms with Gasteiger partial charge in [0.1, 0.15) is 0 Å². The smallest absolute Gasteiger partial charge is 0.0711 e. The van der Waals surface area contributed by atoms with Gasteiger partial charge in [-0.1, -0.05) is 134 Å². The van der Waals surface area contributed by atoms with E-state index in [1.807, 2.05) is 0 Å². The second kappa shape index (κ2) is 11.9. The molecule has 3 heterocycles. The van der Waals surface area contributed by atoms with Gasteiger partial charge in [0.2, 0.25) is 0 Å². The van der Waals surface area contributed by atoms with Gasteiger partial charge in [-0.2, -0.15) is 0 Å². The minimum atomic E-state index is 0.231. The van der Waals surface area contributed by atoms with Crippen molar-refractivity contribution in [2.45, 2.75) is 12.8 Å². The van der Waals surface area contributed by atoms with Crippen LogP contribution in [-0.2, 0) is 0 Å². The summed E-state index contributed by atoms with van der Waals surface area (Å²) in [6, 6.07) is 57.1. The third-order valence-electron chi connectivity index (χ3n) is 10.6. The minimum absolute atomic E-state index is 0.231. The molecule has 242 valence electrons. The fourth-order valence-electron chi connectivity index (χ4n) is 8.17. The van der Waals surface area contributed by atoms with Crippen molar-refractivity contribution in [3.05, 3.63) is 188 Å². The molecule has 0 N–H and O–H groups in total. The lowest BCUT2D eigenvalue weighted by Gasteiger charge is -2.21. The third-order valence-corrected chi connectivity index (χ3v) is 10.6. The molecule has 0 aliphatic heterocycles. The van der Waals surface area contributed by atoms with E-state index in [0.717, 1.165) is 28.3 Å². The van der Waals surface area contributed by atoms with E-state index in [1.54, 1.807) is 0 Å². The van der Waals surface area contributed by atoms with E-state index in [0.29, 0.717) is 5.92 Å². The highest BCUT2D eigenvalue weighted by Gasteiger charge is 2.22. The third kappa shape index (κ3) is 4.77. The molecule has 3 aromatic heterocycles. The predicted octanol–water partition coefficient (Wildman–Crippen LogP) is 12.5. The van der Waals surface area contributed by atoms with Crippen molar-refractivity contribution in [1.82, 2.24) is 14.1 Å². The van der Waals surface area contributed by atoms with Crippen LogP contribution in [0, 0.1) is 5.92 Å². The molecule has 0 saturated heterocycles. The summed E-state index contributed by atoms with van der Waals surface area (Å²) in [7, 11) is 0. The number of hydrogen-bond acceptors (Lipinski definition) is 1. The van der Waals surface area contributed by atoms with Crippen LogP contribution in [0.2, 0.25) is 0 Å². The Bertz CT molecular complexity index is 2800. The second-order valence-corrected chi connectivity index (χ2v) is 13.6. The van der Waals surface area contributed by atoms with Crippen molar-refractivity contribution in [3.63, 3.8) is 0 Å². The van der Waals surface area contributed by atoms with E-state index in [2.05, 4.69) is 198 Å². The van der Waals surface area contributed by atoms with Crippen molar-refractivity contribution in [3.8, 4) is 33.8 Å². The number of aromatic nitrogens is 3. The van der Waals surface area contributed by atoms with Crippen molar-refractivity contribution in [2.75, 3.05) is 0 Å². The highest BCUT2D eigenvalue weighted by atomic mass is 15.0. The van der Waals surface area contributed by atoms with Crippen LogP contribution in [0.15, 0.2) is 182 Å². The van der Waals surface area contributed by atoms with Crippen molar-refractivity contribution >= 4 is 43.6 Å². The van der Waals surface area contributed by atoms with Crippen molar-refractivity contribution in [1.29, 1.82) is 0 Å². The molecule has 0 amide bonds. The predicted molar refractivity (Wildman–Crippen MR) is 214 cm³/mol. The van der Waals surface area contributed by atoms with Gasteiger partial charge < -0.3 is 9.13 Å². The summed E-state index contributed by atoms with van der Waals surface area (Å²) in [6.07, 6.45) is 8.85. The van der Waals surface area contributed by atoms with Crippen LogP contribution >= 0.6 is 0 Å². The largest absolute Gasteiger partial charge is 0.309 e. The van der Waals surface area contributed by atoms with Crippen LogP contribution in [0.4, 0.5) is 0 Å². The fourth-order valence-corrected chi connectivity index (χ4v) is 8.17. The number of para-hydroxylation sites is 3. The summed E-state index contributed by atoms with van der Waals surface area (Å²) < 4.78 is 4.87. The number of hydrogen-bond donors (Lipinski definition) is 0. The molecule has 0 saturated carbocycles. The van der Waals surface area contributed by atoms with Crippen molar-refractivity contribution < 1.29 is 0 Å². The number of fused-ring (bicyclic) bond motifs is 7. The number of allylic oxidation sites excluding steroid dienone is 4. The van der Waals surface area contributed by atoms with Gasteiger partial charge in [-0.3, -0.25) is 4.98 Å². The van der Waals surface area contributed by atoms with Gasteiger partial charge >= 0.3 is 0 Å². The van der Waals surface area contributed by atoms with Crippen LogP contribution in [0.3, 0.4) is 0 Å². The summed E-state index contributed by atoms with van der Waals surface area (Å²) in [6.45, 7) is 2.27. The van der Waals surface area contributed by atoms with Crippen LogP contribution < -0.4 is 0 Å². The monoisotopic (exact) mass is 653 g/mol. The first kappa shape index (κ1) is 29.5. The van der Waals surface area contributed by atoms with E-state index in [4.69, 9.17) is 4.98 Å². The molecule has 1 aliphatic rings. The van der Waals surface area contributed by atoms with Gasteiger partial charge in [0.05, 0.1) is 27.8 Å². The maximum absolute atomic E-state index is 5.22. The lowest BCUT2D eigenvalue weighted by molar-refractivity contribution is 0.621. The van der Waals surface area contributed by atoms with E-state index in [9.17, 15) is 0 Å². The normalized spacial score (nSPS) is 15.8. The van der Waals surface area contributed by atoms with Crippen LogP contribution in [0.1, 0.15) is 18.5 Å². The summed E-state index contributed by atoms with van der Waals surface area (Å²) in [5.74, 6) is 0.610. The molecule has 2 unspecified atom stereocenters. The Morgan fingerprint density at radius 3 is 1.88 bits per heavy atom. The van der Waals surface area contributed by atoms with E-state index < -0.39 is 0 Å². The first-order valence-corrected chi connectivity index (χ1v) is 17.8. The Morgan fingerprint density at radius 2 is 1.12 bits per heavy atom. The number of pyridine rings is 1. The molecule has 9 aromatic rings. The Labute approximate surface area is 297 Å². The van der Waals surface area contributed by atoms with Gasteiger partial charge in [-0.25, -0.2) is 0 Å². The quantitative estimate of drug-likeness (QED) is 0.181. The van der Waals surface area contributed by atoms with Gasteiger partial charge in [0, 0.05) is 50.1 Å². The molecule has 0 bridgehead atoms. The SMILES string of the molecule is CC1C=CC=CC1c1cc(-c2ccc(-n3c4ccccc4c4ccc5c(c6ccccc6n5-c5ccccc5)c43)cc2)cc(-c2ccccc2)n1. The van der Waals surface area contributed by atoms with Gasteiger partial charge in [0.15, 0.2) is 0 Å². The first-order chi connectivity index (χ1) is 25.2. The molecule has 51 heavy (non-hydrogen) atoms. The minimum Gasteiger partial charge on any atom is -0.309 e. The zero-order chi connectivity index (χ0) is 33.9. The maximum atomic E-state index is 5.22. The summed E-state index contributed by atoms with van der Waals surface area (Å²) >= 11 is 0. The molecular formula is C48H35N3. The molecule has 3 heteroatoms. The van der Waals surface area contributed by atoms with E-state index >= 15 is 0 Å². The molecule has 1 aliphatic carbocycles. The Balaban J connectivity index is 1.18. The standard InChI is InChI=1S/C48H35N3/c1-32-14-8-9-19-38(32)43-31-35(30-42(49-43)34-15-4-2-5-16-34)33-24-26-37(27-25-33)51-44-22-12-10-20-39(44)40-28-29-46-47(48(40)51)41-21-11-13-23-45(41)50(46)36-17-6-3-7-18-36/h2-32,38H,1H3. The van der Waals surface area contributed by atoms with Crippen LogP contribution in [-0.4, -0.2) is 14.1 Å². The molecular weight excluding hydrogens is 619 g/mol. The lowest BCUT2D eigenvalue weighted by atomic mass is 9.86. The molecule has 3 nitrogen and oxygen atoms in total. The summed E-state index contributed by atoms with van der Waals surface area (Å²) in [5.41, 5.74) is 12.7. The fraction of sp³-hybridized carbons (Fsp3) is 0.0625. The number of benzene rings is 6. The second-order valence-electron chi connectivity index (χ2n) is 13.6. The molecule has 0 spiro atoms. The summed E-state index contributed by atoms with van der Waals surface area (Å²) in [4.78, 5) is 5.22. The first-order valence-electron chi connectivity index (χ1n) is 17.8. The summed E-state index contributed by atoms with van der Waals surface area (Å²) in [5, 5.41) is 5.03. The topological polar surface area (TPSA) is 22.8 Å². The van der Waals surface area contributed by atoms with Crippen LogP contribution in [0.5, 0.6) is 0 Å². The van der Waals surface area contributed by atoms with E-state index in [-0.39, 0.29) is 5.92 Å². The molecule has 0 radical (unpaired) electrons. The lowest BCUT2D eigenvalue weighted by Crippen LogP contribution is -2.10. The average Bonchev–Trinajstić information content (AvgIpc) is 3.72. The Kier molecular flexibility index (Phi) is 6.85. The highest BCUT2D eigenvalue weighted by molar-refractivity contribution is 6.26. The zero-order valence-corrected chi connectivity index (χ0v) is 28.3. The van der Waals surface area contributed by atoms with Gasteiger partial charge in [-0.15, -0.1) is 0 Å². The van der Waals surface area contributed by atoms with E-state index in [1.165, 1.54) is 54.7 Å². The van der Waals surface area contributed by atoms with Crippen molar-refractivity contribution in [2.24, 2.45) is 5.92 Å². The highest BCUT2D eigenvalue weighted by Crippen LogP contribution is 2.42. The van der Waals surface area contributed by atoms with Gasteiger partial charge in [0.25, 0.3) is 0 Å². The molecule has 10 rings (SSSR count). The molecule has 0 fully saturated rings. The maximum Gasteiger partial charge on any atom is 0.0711 e. The number of nitrogens with zero attached hydrogens (tertiary/aromatic N) is 3.